The molecule has 0 unspecified atom stereocenters. The normalized spacial score (nSPS) is 22.4. The minimum Gasteiger partial charge on any atom is -0.305 e. The van der Waals surface area contributed by atoms with E-state index in [9.17, 15) is 4.79 Å². The van der Waals surface area contributed by atoms with Gasteiger partial charge in [0.15, 0.2) is 5.13 Å². The van der Waals surface area contributed by atoms with Crippen LogP contribution in [0.5, 0.6) is 0 Å². The molecule has 1 N–H and O–H groups in total. The van der Waals surface area contributed by atoms with Crippen LogP contribution in [0.4, 0.5) is 5.13 Å². The lowest BCUT2D eigenvalue weighted by Crippen LogP contribution is -2.28. The zero-order valence-corrected chi connectivity index (χ0v) is 13.1. The lowest BCUT2D eigenvalue weighted by atomic mass is 9.88. The van der Waals surface area contributed by atoms with Gasteiger partial charge in [-0.05, 0) is 19.5 Å². The summed E-state index contributed by atoms with van der Waals surface area (Å²) >= 11 is 1.52. The van der Waals surface area contributed by atoms with E-state index in [1.54, 1.807) is 6.20 Å². The molecule has 21 heavy (non-hydrogen) atoms. The van der Waals surface area contributed by atoms with Crippen LogP contribution in [-0.2, 0) is 4.79 Å². The van der Waals surface area contributed by atoms with Gasteiger partial charge in [-0.2, -0.15) is 0 Å². The molecule has 1 aliphatic heterocycles. The summed E-state index contributed by atoms with van der Waals surface area (Å²) in [5.74, 6) is 0.293. The first-order valence-electron chi connectivity index (χ1n) is 7.10. The van der Waals surface area contributed by atoms with Crippen molar-refractivity contribution in [1.82, 2.24) is 9.88 Å². The van der Waals surface area contributed by atoms with E-state index in [2.05, 4.69) is 34.4 Å². The fourth-order valence-electron chi connectivity index (χ4n) is 2.91. The third kappa shape index (κ3) is 3.14. The number of likely N-dealkylation sites (tertiary alicyclic amines) is 1. The third-order valence-electron chi connectivity index (χ3n) is 3.92. The van der Waals surface area contributed by atoms with E-state index < -0.39 is 0 Å². The van der Waals surface area contributed by atoms with E-state index in [-0.39, 0.29) is 17.7 Å². The maximum Gasteiger partial charge on any atom is 0.231 e. The molecule has 1 amide bonds. The number of likely N-dealkylation sites (N-methyl/N-ethyl adjacent to an activating group) is 1. The van der Waals surface area contributed by atoms with Gasteiger partial charge in [0.2, 0.25) is 5.91 Å². The molecule has 1 aliphatic rings. The van der Waals surface area contributed by atoms with Crippen molar-refractivity contribution in [2.45, 2.75) is 12.8 Å². The van der Waals surface area contributed by atoms with E-state index in [0.717, 1.165) is 18.0 Å². The Kier molecular flexibility index (Phi) is 4.03. The molecule has 0 aliphatic carbocycles. The van der Waals surface area contributed by atoms with Gasteiger partial charge in [0.1, 0.15) is 0 Å². The Morgan fingerprint density at radius 2 is 2.10 bits per heavy atom. The SMILES string of the molecule is Cc1cnc(NC(=O)[C@H]2CN(C)C[C@H]2c2ccccc2)s1. The molecule has 1 aromatic heterocycles. The van der Waals surface area contributed by atoms with Crippen LogP contribution in [0.15, 0.2) is 36.5 Å². The lowest BCUT2D eigenvalue weighted by Gasteiger charge is -2.17. The molecule has 5 heteroatoms. The van der Waals surface area contributed by atoms with Crippen molar-refractivity contribution in [2.24, 2.45) is 5.92 Å². The maximum absolute atomic E-state index is 12.6. The Morgan fingerprint density at radius 1 is 1.33 bits per heavy atom. The Labute approximate surface area is 128 Å². The van der Waals surface area contributed by atoms with Gasteiger partial charge >= 0.3 is 0 Å². The average molecular weight is 301 g/mol. The molecule has 0 saturated carbocycles. The van der Waals surface area contributed by atoms with E-state index in [1.807, 2.05) is 25.1 Å². The van der Waals surface area contributed by atoms with Crippen molar-refractivity contribution in [3.05, 3.63) is 47.0 Å². The molecule has 3 rings (SSSR count). The van der Waals surface area contributed by atoms with Gasteiger partial charge in [0.25, 0.3) is 0 Å². The summed E-state index contributed by atoms with van der Waals surface area (Å²) in [5.41, 5.74) is 1.23. The molecule has 4 nitrogen and oxygen atoms in total. The first-order valence-corrected chi connectivity index (χ1v) is 7.92. The molecule has 1 saturated heterocycles. The summed E-state index contributed by atoms with van der Waals surface area (Å²) in [6.45, 7) is 3.69. The number of aromatic nitrogens is 1. The smallest absolute Gasteiger partial charge is 0.231 e. The first kappa shape index (κ1) is 14.2. The molecule has 0 radical (unpaired) electrons. The van der Waals surface area contributed by atoms with Gasteiger partial charge in [-0.3, -0.25) is 4.79 Å². The second-order valence-corrected chi connectivity index (χ2v) is 6.84. The van der Waals surface area contributed by atoms with Crippen LogP contribution >= 0.6 is 11.3 Å². The number of benzene rings is 1. The summed E-state index contributed by atoms with van der Waals surface area (Å²) in [6.07, 6.45) is 1.79. The standard InChI is InChI=1S/C16H19N3OS/c1-11-8-17-16(21-11)18-15(20)14-10-19(2)9-13(14)12-6-4-3-5-7-12/h3-8,13-14H,9-10H2,1-2H3,(H,17,18,20)/t13-,14-/m0/s1. The van der Waals surface area contributed by atoms with Crippen LogP contribution in [0.1, 0.15) is 16.4 Å². The van der Waals surface area contributed by atoms with Gasteiger partial charge < -0.3 is 10.2 Å². The molecular weight excluding hydrogens is 282 g/mol. The average Bonchev–Trinajstić information content (AvgIpc) is 3.06. The van der Waals surface area contributed by atoms with E-state index in [0.29, 0.717) is 5.13 Å². The summed E-state index contributed by atoms with van der Waals surface area (Å²) in [6, 6.07) is 10.3. The predicted octanol–water partition coefficient (Wildman–Crippen LogP) is 2.74. The van der Waals surface area contributed by atoms with Crippen LogP contribution in [0.25, 0.3) is 0 Å². The summed E-state index contributed by atoms with van der Waals surface area (Å²) in [7, 11) is 2.07. The zero-order chi connectivity index (χ0) is 14.8. The van der Waals surface area contributed by atoms with Crippen LogP contribution in [0.3, 0.4) is 0 Å². The van der Waals surface area contributed by atoms with Crippen molar-refractivity contribution < 1.29 is 4.79 Å². The second-order valence-electron chi connectivity index (χ2n) is 5.61. The molecule has 2 aromatic rings. The van der Waals surface area contributed by atoms with Gasteiger partial charge in [0, 0.05) is 30.1 Å². The first-order chi connectivity index (χ1) is 10.1. The summed E-state index contributed by atoms with van der Waals surface area (Å²) in [4.78, 5) is 20.1. The molecule has 0 spiro atoms. The number of carbonyl (C=O) groups is 1. The fourth-order valence-corrected chi connectivity index (χ4v) is 3.58. The Hall–Kier alpha value is -1.72. The highest BCUT2D eigenvalue weighted by Gasteiger charge is 2.37. The number of aryl methyl sites for hydroxylation is 1. The number of amides is 1. The van der Waals surface area contributed by atoms with Crippen molar-refractivity contribution in [3.63, 3.8) is 0 Å². The number of carbonyl (C=O) groups excluding carboxylic acids is 1. The second kappa shape index (κ2) is 5.95. The Bertz CT molecular complexity index is 625. The summed E-state index contributed by atoms with van der Waals surface area (Å²) in [5, 5.41) is 3.66. The number of thiazole rings is 1. The molecule has 1 fully saturated rings. The van der Waals surface area contributed by atoms with Gasteiger partial charge in [-0.25, -0.2) is 4.98 Å². The minimum absolute atomic E-state index is 0.0263. The number of nitrogens with one attached hydrogen (secondary N) is 1. The molecule has 1 aromatic carbocycles. The molecule has 0 bridgehead atoms. The monoisotopic (exact) mass is 301 g/mol. The van der Waals surface area contributed by atoms with Crippen molar-refractivity contribution in [2.75, 3.05) is 25.5 Å². The highest BCUT2D eigenvalue weighted by molar-refractivity contribution is 7.15. The maximum atomic E-state index is 12.6. The fraction of sp³-hybridized carbons (Fsp3) is 0.375. The lowest BCUT2D eigenvalue weighted by molar-refractivity contribution is -0.119. The Balaban J connectivity index is 1.77. The number of rotatable bonds is 3. The van der Waals surface area contributed by atoms with Crippen molar-refractivity contribution >= 4 is 22.4 Å². The van der Waals surface area contributed by atoms with Crippen LogP contribution in [0, 0.1) is 12.8 Å². The van der Waals surface area contributed by atoms with Gasteiger partial charge in [-0.15, -0.1) is 11.3 Å². The van der Waals surface area contributed by atoms with E-state index >= 15 is 0 Å². The van der Waals surface area contributed by atoms with E-state index in [4.69, 9.17) is 0 Å². The van der Waals surface area contributed by atoms with Crippen LogP contribution in [0.2, 0.25) is 0 Å². The number of hydrogen-bond acceptors (Lipinski definition) is 4. The topological polar surface area (TPSA) is 45.2 Å². The van der Waals surface area contributed by atoms with Crippen molar-refractivity contribution in [1.29, 1.82) is 0 Å². The Morgan fingerprint density at radius 3 is 2.76 bits per heavy atom. The zero-order valence-electron chi connectivity index (χ0n) is 12.2. The van der Waals surface area contributed by atoms with Crippen LogP contribution < -0.4 is 5.32 Å². The van der Waals surface area contributed by atoms with Crippen LogP contribution in [-0.4, -0.2) is 35.9 Å². The largest absolute Gasteiger partial charge is 0.305 e. The third-order valence-corrected chi connectivity index (χ3v) is 4.75. The number of hydrogen-bond donors (Lipinski definition) is 1. The van der Waals surface area contributed by atoms with Gasteiger partial charge in [0.05, 0.1) is 5.92 Å². The summed E-state index contributed by atoms with van der Waals surface area (Å²) < 4.78 is 0. The number of nitrogens with zero attached hydrogens (tertiary/aromatic N) is 2. The minimum atomic E-state index is -0.0263. The predicted molar refractivity (Wildman–Crippen MR) is 85.7 cm³/mol. The van der Waals surface area contributed by atoms with E-state index in [1.165, 1.54) is 16.9 Å². The highest BCUT2D eigenvalue weighted by atomic mass is 32.1. The molecule has 2 atom stereocenters. The highest BCUT2D eigenvalue weighted by Crippen LogP contribution is 2.33. The quantitative estimate of drug-likeness (QED) is 0.948. The van der Waals surface area contributed by atoms with Gasteiger partial charge in [-0.1, -0.05) is 30.3 Å². The molecule has 2 heterocycles. The molecular formula is C16H19N3OS. The van der Waals surface area contributed by atoms with Crippen molar-refractivity contribution in [3.8, 4) is 0 Å². The number of anilines is 1. The molecule has 110 valence electrons.